The highest BCUT2D eigenvalue weighted by atomic mass is 16.2. The Balaban J connectivity index is 1.91. The second-order valence-electron chi connectivity index (χ2n) is 5.83. The SMILES string of the molecule is CCC(CCN)N1CCN(C(=O)c2ccc(C)cc2)CC1. The minimum absolute atomic E-state index is 0.154. The average molecular weight is 289 g/mol. The van der Waals surface area contributed by atoms with Crippen molar-refractivity contribution in [3.63, 3.8) is 0 Å². The zero-order valence-electron chi connectivity index (χ0n) is 13.2. The van der Waals surface area contributed by atoms with Crippen molar-refractivity contribution < 1.29 is 4.79 Å². The lowest BCUT2D eigenvalue weighted by molar-refractivity contribution is 0.0557. The lowest BCUT2D eigenvalue weighted by Crippen LogP contribution is -2.52. The molecule has 0 spiro atoms. The van der Waals surface area contributed by atoms with Gasteiger partial charge in [0.15, 0.2) is 0 Å². The standard InChI is InChI=1S/C17H27N3O/c1-3-16(8-9-18)19-10-12-20(13-11-19)17(21)15-6-4-14(2)5-7-15/h4-7,16H,3,8-13,18H2,1-2H3. The number of piperazine rings is 1. The molecule has 0 radical (unpaired) electrons. The van der Waals surface area contributed by atoms with Gasteiger partial charge < -0.3 is 10.6 Å². The van der Waals surface area contributed by atoms with Gasteiger partial charge in [-0.2, -0.15) is 0 Å². The van der Waals surface area contributed by atoms with Crippen LogP contribution in [0.3, 0.4) is 0 Å². The number of carbonyl (C=O) groups excluding carboxylic acids is 1. The molecular formula is C17H27N3O. The van der Waals surface area contributed by atoms with Crippen molar-refractivity contribution in [2.45, 2.75) is 32.7 Å². The zero-order valence-corrected chi connectivity index (χ0v) is 13.2. The summed E-state index contributed by atoms with van der Waals surface area (Å²) in [5, 5.41) is 0. The van der Waals surface area contributed by atoms with Crippen LogP contribution in [0.15, 0.2) is 24.3 Å². The van der Waals surface area contributed by atoms with Crippen LogP contribution < -0.4 is 5.73 Å². The van der Waals surface area contributed by atoms with Crippen LogP contribution in [0.5, 0.6) is 0 Å². The zero-order chi connectivity index (χ0) is 15.2. The molecule has 1 aromatic carbocycles. The van der Waals surface area contributed by atoms with Crippen LogP contribution in [-0.2, 0) is 0 Å². The smallest absolute Gasteiger partial charge is 0.253 e. The van der Waals surface area contributed by atoms with Crippen LogP contribution in [-0.4, -0.2) is 54.5 Å². The van der Waals surface area contributed by atoms with E-state index >= 15 is 0 Å². The van der Waals surface area contributed by atoms with Gasteiger partial charge in [-0.05, 0) is 38.4 Å². The van der Waals surface area contributed by atoms with Gasteiger partial charge in [-0.25, -0.2) is 0 Å². The van der Waals surface area contributed by atoms with E-state index in [4.69, 9.17) is 5.73 Å². The number of hydrogen-bond acceptors (Lipinski definition) is 3. The summed E-state index contributed by atoms with van der Waals surface area (Å²) < 4.78 is 0. The summed E-state index contributed by atoms with van der Waals surface area (Å²) in [6.45, 7) is 8.52. The average Bonchev–Trinajstić information content (AvgIpc) is 2.53. The minimum atomic E-state index is 0.154. The summed E-state index contributed by atoms with van der Waals surface area (Å²) in [4.78, 5) is 16.9. The van der Waals surface area contributed by atoms with E-state index < -0.39 is 0 Å². The molecule has 4 heteroatoms. The predicted molar refractivity (Wildman–Crippen MR) is 86.4 cm³/mol. The third kappa shape index (κ3) is 4.05. The van der Waals surface area contributed by atoms with Gasteiger partial charge in [0.05, 0.1) is 0 Å². The van der Waals surface area contributed by atoms with Gasteiger partial charge in [0.1, 0.15) is 0 Å². The summed E-state index contributed by atoms with van der Waals surface area (Å²) in [6, 6.07) is 8.41. The second kappa shape index (κ2) is 7.57. The topological polar surface area (TPSA) is 49.6 Å². The highest BCUT2D eigenvalue weighted by molar-refractivity contribution is 5.94. The van der Waals surface area contributed by atoms with Gasteiger partial charge in [-0.15, -0.1) is 0 Å². The van der Waals surface area contributed by atoms with Crippen molar-refractivity contribution in [2.75, 3.05) is 32.7 Å². The van der Waals surface area contributed by atoms with Gasteiger partial charge in [-0.3, -0.25) is 9.69 Å². The molecule has 1 unspecified atom stereocenters. The quantitative estimate of drug-likeness (QED) is 0.900. The number of nitrogens with zero attached hydrogens (tertiary/aromatic N) is 2. The lowest BCUT2D eigenvalue weighted by atomic mass is 10.1. The highest BCUT2D eigenvalue weighted by Crippen LogP contribution is 2.14. The fraction of sp³-hybridized carbons (Fsp3) is 0.588. The molecule has 1 aromatic rings. The van der Waals surface area contributed by atoms with Crippen molar-refractivity contribution in [1.82, 2.24) is 9.80 Å². The van der Waals surface area contributed by atoms with Crippen LogP contribution in [0.1, 0.15) is 35.7 Å². The van der Waals surface area contributed by atoms with Gasteiger partial charge in [0.25, 0.3) is 5.91 Å². The van der Waals surface area contributed by atoms with E-state index in [0.29, 0.717) is 6.04 Å². The first-order valence-corrected chi connectivity index (χ1v) is 7.95. The van der Waals surface area contributed by atoms with E-state index in [9.17, 15) is 4.79 Å². The van der Waals surface area contributed by atoms with Crippen LogP contribution in [0, 0.1) is 6.92 Å². The Morgan fingerprint density at radius 1 is 1.19 bits per heavy atom. The Kier molecular flexibility index (Phi) is 5.76. The number of carbonyl (C=O) groups is 1. The fourth-order valence-electron chi connectivity index (χ4n) is 3.01. The molecule has 2 rings (SSSR count). The summed E-state index contributed by atoms with van der Waals surface area (Å²) in [7, 11) is 0. The summed E-state index contributed by atoms with van der Waals surface area (Å²) in [5.74, 6) is 0.154. The molecule has 21 heavy (non-hydrogen) atoms. The number of nitrogens with two attached hydrogens (primary N) is 1. The Labute approximate surface area is 127 Å². The van der Waals surface area contributed by atoms with Crippen LogP contribution in [0.2, 0.25) is 0 Å². The Morgan fingerprint density at radius 3 is 2.33 bits per heavy atom. The molecule has 0 saturated carbocycles. The molecule has 2 N–H and O–H groups in total. The van der Waals surface area contributed by atoms with E-state index in [1.54, 1.807) is 0 Å². The maximum Gasteiger partial charge on any atom is 0.253 e. The maximum absolute atomic E-state index is 12.5. The minimum Gasteiger partial charge on any atom is -0.336 e. The monoisotopic (exact) mass is 289 g/mol. The van der Waals surface area contributed by atoms with E-state index in [0.717, 1.165) is 51.1 Å². The number of hydrogen-bond donors (Lipinski definition) is 1. The van der Waals surface area contributed by atoms with Crippen molar-refractivity contribution in [3.8, 4) is 0 Å². The van der Waals surface area contributed by atoms with Crippen molar-refractivity contribution in [3.05, 3.63) is 35.4 Å². The first kappa shape index (κ1) is 16.0. The third-order valence-corrected chi connectivity index (χ3v) is 4.39. The summed E-state index contributed by atoms with van der Waals surface area (Å²) in [6.07, 6.45) is 2.17. The van der Waals surface area contributed by atoms with E-state index in [1.165, 1.54) is 5.56 Å². The van der Waals surface area contributed by atoms with E-state index in [2.05, 4.69) is 11.8 Å². The summed E-state index contributed by atoms with van der Waals surface area (Å²) in [5.41, 5.74) is 7.66. The summed E-state index contributed by atoms with van der Waals surface area (Å²) >= 11 is 0. The normalized spacial score (nSPS) is 17.8. The molecule has 1 fully saturated rings. The Hall–Kier alpha value is -1.39. The molecule has 1 aliphatic rings. The number of amides is 1. The number of rotatable bonds is 5. The molecule has 1 saturated heterocycles. The maximum atomic E-state index is 12.5. The van der Waals surface area contributed by atoms with E-state index in [1.807, 2.05) is 36.1 Å². The molecule has 1 heterocycles. The fourth-order valence-corrected chi connectivity index (χ4v) is 3.01. The Bertz CT molecular complexity index is 450. The number of aryl methyl sites for hydroxylation is 1. The van der Waals surface area contributed by atoms with Gasteiger partial charge in [0, 0.05) is 37.8 Å². The molecule has 0 aromatic heterocycles. The van der Waals surface area contributed by atoms with Crippen molar-refractivity contribution in [1.29, 1.82) is 0 Å². The Morgan fingerprint density at radius 2 is 1.81 bits per heavy atom. The molecule has 0 bridgehead atoms. The van der Waals surface area contributed by atoms with Gasteiger partial charge in [0.2, 0.25) is 0 Å². The van der Waals surface area contributed by atoms with E-state index in [-0.39, 0.29) is 5.91 Å². The van der Waals surface area contributed by atoms with Gasteiger partial charge >= 0.3 is 0 Å². The van der Waals surface area contributed by atoms with Crippen LogP contribution >= 0.6 is 0 Å². The highest BCUT2D eigenvalue weighted by Gasteiger charge is 2.25. The molecule has 116 valence electrons. The molecular weight excluding hydrogens is 262 g/mol. The second-order valence-corrected chi connectivity index (χ2v) is 5.83. The van der Waals surface area contributed by atoms with Gasteiger partial charge in [-0.1, -0.05) is 24.6 Å². The predicted octanol–water partition coefficient (Wildman–Crippen LogP) is 1.88. The molecule has 1 atom stereocenters. The first-order chi connectivity index (χ1) is 10.2. The third-order valence-electron chi connectivity index (χ3n) is 4.39. The largest absolute Gasteiger partial charge is 0.336 e. The first-order valence-electron chi connectivity index (χ1n) is 7.95. The molecule has 1 aliphatic heterocycles. The van der Waals surface area contributed by atoms with Crippen molar-refractivity contribution in [2.24, 2.45) is 5.73 Å². The lowest BCUT2D eigenvalue weighted by Gasteiger charge is -2.39. The molecule has 4 nitrogen and oxygen atoms in total. The van der Waals surface area contributed by atoms with Crippen LogP contribution in [0.4, 0.5) is 0 Å². The number of benzene rings is 1. The van der Waals surface area contributed by atoms with Crippen molar-refractivity contribution >= 4 is 5.91 Å². The molecule has 1 amide bonds. The molecule has 0 aliphatic carbocycles. The van der Waals surface area contributed by atoms with Crippen LogP contribution in [0.25, 0.3) is 0 Å².